The van der Waals surface area contributed by atoms with Crippen molar-refractivity contribution >= 4 is 28.4 Å². The van der Waals surface area contributed by atoms with E-state index in [0.29, 0.717) is 31.7 Å². The summed E-state index contributed by atoms with van der Waals surface area (Å²) >= 11 is 0. The molecule has 4 rings (SSSR count). The monoisotopic (exact) mass is 459 g/mol. The molecule has 2 heterocycles. The smallest absolute Gasteiger partial charge is 0.200 e. The van der Waals surface area contributed by atoms with Crippen molar-refractivity contribution in [2.75, 3.05) is 37.8 Å². The Morgan fingerprint density at radius 3 is 2.45 bits per heavy atom. The van der Waals surface area contributed by atoms with Crippen LogP contribution in [0.1, 0.15) is 15.9 Å². The van der Waals surface area contributed by atoms with E-state index < -0.39 is 35.3 Å². The zero-order valence-corrected chi connectivity index (χ0v) is 17.6. The van der Waals surface area contributed by atoms with Crippen LogP contribution < -0.4 is 15.6 Å². The van der Waals surface area contributed by atoms with E-state index in [9.17, 15) is 22.8 Å². The first kappa shape index (κ1) is 22.7. The summed E-state index contributed by atoms with van der Waals surface area (Å²) in [6.07, 6.45) is 3.60. The van der Waals surface area contributed by atoms with Crippen LogP contribution in [0.25, 0.3) is 17.0 Å². The summed E-state index contributed by atoms with van der Waals surface area (Å²) in [4.78, 5) is 27.3. The standard InChI is InChI=1S/C24H21F4N3O2/c25-7-10-31-14-18(20(32)6-3-15-1-4-16(26)5-2-15)24(33)17-13-19(27)23(21(28)22(17)31)30-11-8-29-9-12-30/h1-6,13-14,29H,7-12H2/b6-3+. The fourth-order valence-electron chi connectivity index (χ4n) is 3.93. The molecule has 1 saturated heterocycles. The number of carbonyl (C=O) groups excluding carboxylic acids is 1. The number of aryl methyl sites for hydroxylation is 1. The van der Waals surface area contributed by atoms with Gasteiger partial charge in [0.25, 0.3) is 0 Å². The predicted octanol–water partition coefficient (Wildman–Crippen LogP) is 3.69. The number of benzene rings is 2. The summed E-state index contributed by atoms with van der Waals surface area (Å²) in [6.45, 7) is 0.637. The Morgan fingerprint density at radius 1 is 1.09 bits per heavy atom. The van der Waals surface area contributed by atoms with E-state index in [1.807, 2.05) is 0 Å². The highest BCUT2D eigenvalue weighted by atomic mass is 19.1. The van der Waals surface area contributed by atoms with E-state index in [4.69, 9.17) is 0 Å². The van der Waals surface area contributed by atoms with Crippen LogP contribution in [-0.2, 0) is 6.54 Å². The molecule has 33 heavy (non-hydrogen) atoms. The third-order valence-electron chi connectivity index (χ3n) is 5.55. The molecule has 0 radical (unpaired) electrons. The summed E-state index contributed by atoms with van der Waals surface area (Å²) in [5.41, 5.74) is -1.19. The van der Waals surface area contributed by atoms with Crippen LogP contribution in [0.2, 0.25) is 0 Å². The van der Waals surface area contributed by atoms with Crippen LogP contribution in [-0.4, -0.2) is 43.2 Å². The molecule has 0 aliphatic carbocycles. The van der Waals surface area contributed by atoms with Gasteiger partial charge in [0.15, 0.2) is 11.6 Å². The van der Waals surface area contributed by atoms with E-state index in [2.05, 4.69) is 5.32 Å². The number of nitrogens with one attached hydrogen (secondary N) is 1. The molecule has 0 atom stereocenters. The Balaban J connectivity index is 1.82. The topological polar surface area (TPSA) is 54.3 Å². The fourth-order valence-corrected chi connectivity index (χ4v) is 3.93. The molecule has 1 aromatic heterocycles. The number of hydrogen-bond donors (Lipinski definition) is 1. The Hall–Kier alpha value is -3.46. The van der Waals surface area contributed by atoms with E-state index in [-0.39, 0.29) is 28.7 Å². The van der Waals surface area contributed by atoms with E-state index in [1.165, 1.54) is 35.2 Å². The first-order valence-electron chi connectivity index (χ1n) is 10.5. The van der Waals surface area contributed by atoms with Crippen LogP contribution >= 0.6 is 0 Å². The SMILES string of the molecule is O=C(/C=C/c1ccc(F)cc1)c1cn(CCF)c2c(F)c(N3CCNCC3)c(F)cc2c1=O. The second-order valence-corrected chi connectivity index (χ2v) is 7.66. The van der Waals surface area contributed by atoms with E-state index in [0.717, 1.165) is 22.9 Å². The molecule has 1 aliphatic rings. The highest BCUT2D eigenvalue weighted by Gasteiger charge is 2.25. The van der Waals surface area contributed by atoms with Gasteiger partial charge in [-0.1, -0.05) is 18.2 Å². The number of anilines is 1. The minimum absolute atomic E-state index is 0.244. The number of pyridine rings is 1. The number of nitrogens with zero attached hydrogens (tertiary/aromatic N) is 2. The zero-order valence-electron chi connectivity index (χ0n) is 17.6. The number of rotatable bonds is 6. The highest BCUT2D eigenvalue weighted by molar-refractivity contribution is 6.08. The van der Waals surface area contributed by atoms with Crippen molar-refractivity contribution in [3.8, 4) is 0 Å². The van der Waals surface area contributed by atoms with Gasteiger partial charge in [-0.05, 0) is 29.8 Å². The highest BCUT2D eigenvalue weighted by Crippen LogP contribution is 2.30. The molecule has 9 heteroatoms. The average Bonchev–Trinajstić information content (AvgIpc) is 2.81. The van der Waals surface area contributed by atoms with Crippen molar-refractivity contribution in [2.24, 2.45) is 0 Å². The van der Waals surface area contributed by atoms with Crippen LogP contribution in [0.5, 0.6) is 0 Å². The summed E-state index contributed by atoms with van der Waals surface area (Å²) in [5, 5.41) is 2.76. The Bertz CT molecular complexity index is 1280. The van der Waals surface area contributed by atoms with Crippen LogP contribution in [0.4, 0.5) is 23.2 Å². The maximum Gasteiger partial charge on any atom is 0.200 e. The fraction of sp³-hybridized carbons (Fsp3) is 0.250. The molecule has 172 valence electrons. The number of carbonyl (C=O) groups is 1. The molecule has 0 bridgehead atoms. The van der Waals surface area contributed by atoms with Crippen molar-refractivity contribution in [2.45, 2.75) is 6.54 Å². The first-order chi connectivity index (χ1) is 15.9. The van der Waals surface area contributed by atoms with Crippen molar-refractivity contribution in [3.05, 3.63) is 81.4 Å². The molecule has 1 fully saturated rings. The van der Waals surface area contributed by atoms with Gasteiger partial charge in [-0.25, -0.2) is 17.6 Å². The third kappa shape index (κ3) is 4.54. The minimum Gasteiger partial charge on any atom is -0.364 e. The number of alkyl halides is 1. The van der Waals surface area contributed by atoms with Gasteiger partial charge in [-0.15, -0.1) is 0 Å². The molecule has 5 nitrogen and oxygen atoms in total. The third-order valence-corrected chi connectivity index (χ3v) is 5.55. The summed E-state index contributed by atoms with van der Waals surface area (Å²) in [6, 6.07) is 6.24. The summed E-state index contributed by atoms with van der Waals surface area (Å²) in [5.74, 6) is -3.03. The maximum absolute atomic E-state index is 15.5. The number of ketones is 1. The zero-order chi connectivity index (χ0) is 23.5. The lowest BCUT2D eigenvalue weighted by Gasteiger charge is -2.30. The molecule has 2 aromatic carbocycles. The van der Waals surface area contributed by atoms with Crippen LogP contribution in [0.3, 0.4) is 0 Å². The molecule has 0 spiro atoms. The molecule has 3 aromatic rings. The van der Waals surface area contributed by atoms with Crippen molar-refractivity contribution in [1.82, 2.24) is 9.88 Å². The quantitative estimate of drug-likeness (QED) is 0.347. The van der Waals surface area contributed by atoms with Gasteiger partial charge >= 0.3 is 0 Å². The molecule has 1 aliphatic heterocycles. The van der Waals surface area contributed by atoms with Gasteiger partial charge in [-0.3, -0.25) is 9.59 Å². The van der Waals surface area contributed by atoms with Crippen molar-refractivity contribution in [3.63, 3.8) is 0 Å². The predicted molar refractivity (Wildman–Crippen MR) is 119 cm³/mol. The molecule has 1 N–H and O–H groups in total. The number of halogens is 4. The number of piperazine rings is 1. The van der Waals surface area contributed by atoms with Gasteiger partial charge in [-0.2, -0.15) is 0 Å². The summed E-state index contributed by atoms with van der Waals surface area (Å²) in [7, 11) is 0. The van der Waals surface area contributed by atoms with E-state index >= 15 is 4.39 Å². The normalized spacial score (nSPS) is 14.4. The number of fused-ring (bicyclic) bond motifs is 1. The molecular formula is C24H21F4N3O2. The molecule has 0 amide bonds. The average molecular weight is 459 g/mol. The van der Waals surface area contributed by atoms with Gasteiger partial charge in [0, 0.05) is 32.4 Å². The maximum atomic E-state index is 15.5. The van der Waals surface area contributed by atoms with E-state index in [1.54, 1.807) is 0 Å². The summed E-state index contributed by atoms with van der Waals surface area (Å²) < 4.78 is 57.9. The van der Waals surface area contributed by atoms with Crippen LogP contribution in [0, 0.1) is 17.5 Å². The molecular weight excluding hydrogens is 438 g/mol. The Kier molecular flexibility index (Phi) is 6.60. The van der Waals surface area contributed by atoms with Crippen LogP contribution in [0.15, 0.2) is 47.4 Å². The lowest BCUT2D eigenvalue weighted by molar-refractivity contribution is 0.104. The van der Waals surface area contributed by atoms with Crippen molar-refractivity contribution < 1.29 is 22.4 Å². The number of hydrogen-bond acceptors (Lipinski definition) is 4. The Labute approximate surface area is 186 Å². The number of aromatic nitrogens is 1. The Morgan fingerprint density at radius 2 is 1.79 bits per heavy atom. The van der Waals surface area contributed by atoms with Gasteiger partial charge in [0.1, 0.15) is 24.0 Å². The first-order valence-corrected chi connectivity index (χ1v) is 10.5. The number of allylic oxidation sites excluding steroid dienone is 1. The lowest BCUT2D eigenvalue weighted by Crippen LogP contribution is -2.44. The second kappa shape index (κ2) is 9.58. The largest absolute Gasteiger partial charge is 0.364 e. The van der Waals surface area contributed by atoms with Gasteiger partial charge in [0.05, 0.1) is 23.0 Å². The molecule has 0 unspecified atom stereocenters. The van der Waals surface area contributed by atoms with Crippen molar-refractivity contribution in [1.29, 1.82) is 0 Å². The second-order valence-electron chi connectivity index (χ2n) is 7.66. The minimum atomic E-state index is -0.960. The van der Waals surface area contributed by atoms with Gasteiger partial charge in [0.2, 0.25) is 5.43 Å². The molecule has 0 saturated carbocycles. The van der Waals surface area contributed by atoms with Gasteiger partial charge < -0.3 is 14.8 Å². The lowest BCUT2D eigenvalue weighted by atomic mass is 10.0.